The van der Waals surface area contributed by atoms with Crippen molar-refractivity contribution >= 4 is 17.4 Å². The number of nitrogens with zero attached hydrogens (tertiary/aromatic N) is 2. The Balaban J connectivity index is 1.61. The van der Waals surface area contributed by atoms with Crippen LogP contribution in [-0.2, 0) is 0 Å². The third kappa shape index (κ3) is 3.64. The molecule has 0 radical (unpaired) electrons. The number of likely N-dealkylation sites (N-methyl/N-ethyl adjacent to an activating group) is 1. The van der Waals surface area contributed by atoms with Gasteiger partial charge in [0, 0.05) is 47.9 Å². The quantitative estimate of drug-likeness (QED) is 0.633. The minimum atomic E-state index is 0.650. The summed E-state index contributed by atoms with van der Waals surface area (Å²) < 4.78 is 0. The van der Waals surface area contributed by atoms with Gasteiger partial charge in [0.2, 0.25) is 0 Å². The largest absolute Gasteiger partial charge is 0.370 e. The van der Waals surface area contributed by atoms with Gasteiger partial charge in [-0.25, -0.2) is 0 Å². The van der Waals surface area contributed by atoms with Crippen LogP contribution >= 0.6 is 11.8 Å². The van der Waals surface area contributed by atoms with Crippen molar-refractivity contribution in [3.63, 3.8) is 0 Å². The van der Waals surface area contributed by atoms with Gasteiger partial charge in [-0.05, 0) is 50.5 Å². The van der Waals surface area contributed by atoms with Crippen molar-refractivity contribution in [3.05, 3.63) is 53.6 Å². The lowest BCUT2D eigenvalue weighted by molar-refractivity contribution is 0.142. The summed E-state index contributed by atoms with van der Waals surface area (Å²) in [7, 11) is 2.31. The smallest absolute Gasteiger partial charge is 0.0544 e. The molecule has 2 aliphatic heterocycles. The molecular weight excluding hydrogens is 348 g/mol. The molecule has 1 fully saturated rings. The summed E-state index contributed by atoms with van der Waals surface area (Å²) in [6, 6.07) is 17.2. The maximum atomic E-state index is 2.73. The molecule has 2 aromatic carbocycles. The first-order valence-electron chi connectivity index (χ1n) is 10.4. The number of aryl methyl sites for hydroxylation is 1. The molecule has 0 spiro atoms. The van der Waals surface area contributed by atoms with Crippen LogP contribution < -0.4 is 4.90 Å². The summed E-state index contributed by atoms with van der Waals surface area (Å²) in [5.74, 6) is 0.650. The lowest BCUT2D eigenvalue weighted by Crippen LogP contribution is -2.48. The monoisotopic (exact) mass is 380 g/mol. The molecule has 2 aliphatic rings. The van der Waals surface area contributed by atoms with Crippen molar-refractivity contribution in [2.75, 3.05) is 25.0 Å². The Morgan fingerprint density at radius 3 is 2.67 bits per heavy atom. The molecular formula is C24H32N2S. The number of benzene rings is 2. The van der Waals surface area contributed by atoms with E-state index in [1.54, 1.807) is 5.56 Å². The fourth-order valence-electron chi connectivity index (χ4n) is 4.93. The van der Waals surface area contributed by atoms with Crippen LogP contribution in [0, 0.1) is 6.92 Å². The summed E-state index contributed by atoms with van der Waals surface area (Å²) in [6.45, 7) is 9.31. The molecule has 2 nitrogen and oxygen atoms in total. The van der Waals surface area contributed by atoms with Gasteiger partial charge in [0.1, 0.15) is 0 Å². The Morgan fingerprint density at radius 1 is 1.15 bits per heavy atom. The maximum absolute atomic E-state index is 2.73. The Labute approximate surface area is 168 Å². The van der Waals surface area contributed by atoms with E-state index in [9.17, 15) is 0 Å². The zero-order chi connectivity index (χ0) is 19.0. The fourth-order valence-corrected chi connectivity index (χ4v) is 5.96. The second kappa shape index (κ2) is 7.89. The lowest BCUT2D eigenvalue weighted by Gasteiger charge is -2.40. The lowest BCUT2D eigenvalue weighted by atomic mass is 9.88. The molecule has 1 unspecified atom stereocenters. The number of rotatable bonds is 5. The van der Waals surface area contributed by atoms with Gasteiger partial charge >= 0.3 is 0 Å². The maximum Gasteiger partial charge on any atom is 0.0544 e. The number of fused-ring (bicyclic) bond motifs is 3. The Kier molecular flexibility index (Phi) is 5.52. The van der Waals surface area contributed by atoms with E-state index in [0.29, 0.717) is 18.0 Å². The second-order valence-electron chi connectivity index (χ2n) is 8.32. The van der Waals surface area contributed by atoms with Crippen LogP contribution in [0.5, 0.6) is 0 Å². The zero-order valence-electron chi connectivity index (χ0n) is 17.1. The van der Waals surface area contributed by atoms with Crippen LogP contribution in [0.15, 0.2) is 52.3 Å². The van der Waals surface area contributed by atoms with Gasteiger partial charge < -0.3 is 4.90 Å². The molecule has 3 heteroatoms. The Hall–Kier alpha value is -1.45. The SMILES string of the molecule is CCCC(C)N1CC[C@H]2[C@H](C1)c1cccc(Sc3ccc(C)cc3)c1N2C. The summed E-state index contributed by atoms with van der Waals surface area (Å²) in [6.07, 6.45) is 3.86. The van der Waals surface area contributed by atoms with Crippen molar-refractivity contribution in [1.82, 2.24) is 4.90 Å². The van der Waals surface area contributed by atoms with Gasteiger partial charge in [-0.2, -0.15) is 0 Å². The summed E-state index contributed by atoms with van der Waals surface area (Å²) >= 11 is 1.91. The van der Waals surface area contributed by atoms with Crippen molar-refractivity contribution in [3.8, 4) is 0 Å². The second-order valence-corrected chi connectivity index (χ2v) is 9.43. The van der Waals surface area contributed by atoms with E-state index in [2.05, 4.69) is 80.1 Å². The molecule has 0 N–H and O–H groups in total. The van der Waals surface area contributed by atoms with Crippen LogP contribution in [0.25, 0.3) is 0 Å². The summed E-state index contributed by atoms with van der Waals surface area (Å²) in [5, 5.41) is 0. The third-order valence-corrected chi connectivity index (χ3v) is 7.52. The molecule has 0 saturated carbocycles. The van der Waals surface area contributed by atoms with Crippen molar-refractivity contribution in [1.29, 1.82) is 0 Å². The highest BCUT2D eigenvalue weighted by Crippen LogP contribution is 2.49. The van der Waals surface area contributed by atoms with Gasteiger partial charge in [0.15, 0.2) is 0 Å². The van der Waals surface area contributed by atoms with Crippen LogP contribution in [-0.4, -0.2) is 37.1 Å². The fraction of sp³-hybridized carbons (Fsp3) is 0.500. The van der Waals surface area contributed by atoms with Gasteiger partial charge in [0.05, 0.1) is 5.69 Å². The minimum Gasteiger partial charge on any atom is -0.370 e. The molecule has 2 heterocycles. The molecule has 27 heavy (non-hydrogen) atoms. The Morgan fingerprint density at radius 2 is 1.93 bits per heavy atom. The topological polar surface area (TPSA) is 6.48 Å². The first-order valence-corrected chi connectivity index (χ1v) is 11.2. The van der Waals surface area contributed by atoms with E-state index in [0.717, 1.165) is 0 Å². The predicted octanol–water partition coefficient (Wildman–Crippen LogP) is 5.94. The highest BCUT2D eigenvalue weighted by molar-refractivity contribution is 7.99. The van der Waals surface area contributed by atoms with E-state index in [1.165, 1.54) is 53.4 Å². The van der Waals surface area contributed by atoms with Crippen LogP contribution in [0.1, 0.15) is 50.2 Å². The predicted molar refractivity (Wildman–Crippen MR) is 117 cm³/mol. The van der Waals surface area contributed by atoms with Crippen LogP contribution in [0.2, 0.25) is 0 Å². The highest BCUT2D eigenvalue weighted by atomic mass is 32.2. The normalized spacial score (nSPS) is 23.2. The minimum absolute atomic E-state index is 0.650. The standard InChI is InChI=1S/C24H32N2S/c1-5-7-18(3)26-15-14-22-21(16-26)20-8-6-9-23(24(20)25(22)4)27-19-12-10-17(2)11-13-19/h6,8-13,18,21-22H,5,7,14-16H2,1-4H3/t18?,21-,22+/m1/s1. The number of anilines is 1. The third-order valence-electron chi connectivity index (χ3n) is 6.47. The van der Waals surface area contributed by atoms with E-state index < -0.39 is 0 Å². The average Bonchev–Trinajstić information content (AvgIpc) is 2.97. The van der Waals surface area contributed by atoms with E-state index in [-0.39, 0.29) is 0 Å². The van der Waals surface area contributed by atoms with E-state index >= 15 is 0 Å². The van der Waals surface area contributed by atoms with Crippen LogP contribution in [0.3, 0.4) is 0 Å². The highest BCUT2D eigenvalue weighted by Gasteiger charge is 2.42. The number of likely N-dealkylation sites (tertiary alicyclic amines) is 1. The number of piperidine rings is 1. The molecule has 2 aromatic rings. The van der Waals surface area contributed by atoms with Crippen molar-refractivity contribution in [2.24, 2.45) is 0 Å². The van der Waals surface area contributed by atoms with E-state index in [4.69, 9.17) is 0 Å². The number of hydrogen-bond acceptors (Lipinski definition) is 3. The van der Waals surface area contributed by atoms with Crippen molar-refractivity contribution in [2.45, 2.75) is 67.8 Å². The van der Waals surface area contributed by atoms with Crippen LogP contribution in [0.4, 0.5) is 5.69 Å². The molecule has 3 atom stereocenters. The van der Waals surface area contributed by atoms with Crippen molar-refractivity contribution < 1.29 is 0 Å². The molecule has 144 valence electrons. The number of hydrogen-bond donors (Lipinski definition) is 0. The molecule has 0 aromatic heterocycles. The van der Waals surface area contributed by atoms with Gasteiger partial charge in [0.25, 0.3) is 0 Å². The average molecular weight is 381 g/mol. The molecule has 0 aliphatic carbocycles. The Bertz CT molecular complexity index is 785. The van der Waals surface area contributed by atoms with Gasteiger partial charge in [-0.15, -0.1) is 0 Å². The molecule has 0 amide bonds. The molecule has 1 saturated heterocycles. The summed E-state index contributed by atoms with van der Waals surface area (Å²) in [4.78, 5) is 8.04. The first kappa shape index (κ1) is 18.9. The molecule has 4 rings (SSSR count). The summed E-state index contributed by atoms with van der Waals surface area (Å²) in [5.41, 5.74) is 4.36. The number of para-hydroxylation sites is 1. The van der Waals surface area contributed by atoms with Gasteiger partial charge in [-0.1, -0.05) is 54.9 Å². The first-order chi connectivity index (χ1) is 13.1. The zero-order valence-corrected chi connectivity index (χ0v) is 17.9. The molecule has 0 bridgehead atoms. The van der Waals surface area contributed by atoms with Gasteiger partial charge in [-0.3, -0.25) is 4.90 Å². The van der Waals surface area contributed by atoms with E-state index in [1.807, 2.05) is 11.8 Å².